The summed E-state index contributed by atoms with van der Waals surface area (Å²) in [7, 11) is 7.19. The predicted octanol–water partition coefficient (Wildman–Crippen LogP) is 3.41. The number of carbonyl (C=O) groups is 1. The molecular weight excluding hydrogens is 357 g/mol. The molecule has 2 aromatic carbocycles. The summed E-state index contributed by atoms with van der Waals surface area (Å²) in [5.74, 6) is 0.579. The average molecular weight is 371 g/mol. The molecule has 0 aliphatic heterocycles. The van der Waals surface area contributed by atoms with Crippen LogP contribution in [-0.4, -0.2) is 30.8 Å². The third-order valence-electron chi connectivity index (χ3n) is 4.03. The molecular formula is C20H14BN3O2S. The average Bonchev–Trinajstić information content (AvgIpc) is 3.12. The molecule has 0 spiro atoms. The minimum atomic E-state index is -0.234. The van der Waals surface area contributed by atoms with Crippen LogP contribution in [0.5, 0.6) is 5.75 Å². The van der Waals surface area contributed by atoms with Gasteiger partial charge in [0.05, 0.1) is 22.9 Å². The van der Waals surface area contributed by atoms with Gasteiger partial charge >= 0.3 is 0 Å². The Morgan fingerprint density at radius 3 is 2.63 bits per heavy atom. The summed E-state index contributed by atoms with van der Waals surface area (Å²) >= 11 is 1.60. The number of amides is 1. The van der Waals surface area contributed by atoms with E-state index in [2.05, 4.69) is 15.3 Å². The van der Waals surface area contributed by atoms with Crippen molar-refractivity contribution in [3.8, 4) is 16.3 Å². The van der Waals surface area contributed by atoms with Crippen LogP contribution in [0, 0.1) is 0 Å². The second-order valence-corrected chi connectivity index (χ2v) is 6.89. The number of anilines is 1. The van der Waals surface area contributed by atoms with Crippen molar-refractivity contribution in [2.24, 2.45) is 0 Å². The molecule has 4 aromatic rings. The van der Waals surface area contributed by atoms with Gasteiger partial charge in [0.2, 0.25) is 0 Å². The summed E-state index contributed by atoms with van der Waals surface area (Å²) in [6.45, 7) is 0. The van der Waals surface area contributed by atoms with Crippen molar-refractivity contribution < 1.29 is 9.53 Å². The normalized spacial score (nSPS) is 10.7. The summed E-state index contributed by atoms with van der Waals surface area (Å²) in [6.07, 6.45) is 1.45. The predicted molar refractivity (Wildman–Crippen MR) is 109 cm³/mol. The molecule has 0 atom stereocenters. The van der Waals surface area contributed by atoms with Crippen molar-refractivity contribution in [3.63, 3.8) is 0 Å². The molecule has 1 N–H and O–H groups in total. The highest BCUT2D eigenvalue weighted by molar-refractivity contribution is 7.21. The summed E-state index contributed by atoms with van der Waals surface area (Å²) in [5, 5.41) is 3.76. The number of nitrogens with one attached hydrogen (secondary N) is 1. The second kappa shape index (κ2) is 7.21. The van der Waals surface area contributed by atoms with Crippen LogP contribution in [0.2, 0.25) is 0 Å². The third kappa shape index (κ3) is 3.68. The number of ether oxygens (including phenoxy) is 1. The van der Waals surface area contributed by atoms with Gasteiger partial charge in [-0.15, -0.1) is 11.3 Å². The van der Waals surface area contributed by atoms with Gasteiger partial charge in [0.1, 0.15) is 18.6 Å². The Morgan fingerprint density at radius 2 is 1.93 bits per heavy atom. The molecule has 0 fully saturated rings. The van der Waals surface area contributed by atoms with E-state index in [4.69, 9.17) is 12.6 Å². The van der Waals surface area contributed by atoms with E-state index in [-0.39, 0.29) is 5.91 Å². The number of benzene rings is 2. The van der Waals surface area contributed by atoms with E-state index in [1.165, 1.54) is 6.20 Å². The van der Waals surface area contributed by atoms with Gasteiger partial charge < -0.3 is 10.1 Å². The lowest BCUT2D eigenvalue weighted by atomic mass is 10.0. The fourth-order valence-corrected chi connectivity index (χ4v) is 3.59. The van der Waals surface area contributed by atoms with Crippen LogP contribution in [0.1, 0.15) is 10.4 Å². The number of carbonyl (C=O) groups excluding carboxylic acids is 1. The number of methoxy groups -OCH3 is 1. The molecule has 2 heterocycles. The molecule has 27 heavy (non-hydrogen) atoms. The first kappa shape index (κ1) is 17.2. The van der Waals surface area contributed by atoms with E-state index < -0.39 is 0 Å². The van der Waals surface area contributed by atoms with E-state index in [0.29, 0.717) is 16.8 Å². The van der Waals surface area contributed by atoms with E-state index in [9.17, 15) is 4.79 Å². The number of fused-ring (bicyclic) bond motifs is 1. The second-order valence-electron chi connectivity index (χ2n) is 5.86. The highest BCUT2D eigenvalue weighted by atomic mass is 32.1. The Kier molecular flexibility index (Phi) is 4.60. The number of nitrogens with zero attached hydrogens (tertiary/aromatic N) is 2. The minimum absolute atomic E-state index is 0.234. The molecule has 5 nitrogen and oxygen atoms in total. The quantitative estimate of drug-likeness (QED) is 0.559. The number of thiazole rings is 1. The lowest BCUT2D eigenvalue weighted by Gasteiger charge is -2.06. The highest BCUT2D eigenvalue weighted by Gasteiger charge is 2.09. The standard InChI is InChI=1S/C20H14BN3O2S/c1-26-15-7-8-16-17(10-15)27-20(24-16)12-2-5-14(6-3-12)23-19(25)13-4-9-18(21)22-11-13/h2-11H,1H3,(H,23,25). The molecule has 0 unspecified atom stereocenters. The molecule has 4 rings (SSSR count). The maximum atomic E-state index is 12.2. The zero-order valence-corrected chi connectivity index (χ0v) is 15.3. The van der Waals surface area contributed by atoms with E-state index in [1.54, 1.807) is 30.6 Å². The first-order valence-corrected chi connectivity index (χ1v) is 9.02. The smallest absolute Gasteiger partial charge is 0.257 e. The number of rotatable bonds is 4. The Morgan fingerprint density at radius 1 is 1.11 bits per heavy atom. The Bertz CT molecular complexity index is 1110. The molecule has 130 valence electrons. The van der Waals surface area contributed by atoms with Crippen LogP contribution in [0.15, 0.2) is 60.8 Å². The maximum absolute atomic E-state index is 12.2. The Balaban J connectivity index is 1.53. The van der Waals surface area contributed by atoms with Crippen molar-refractivity contribution in [1.29, 1.82) is 0 Å². The molecule has 1 amide bonds. The van der Waals surface area contributed by atoms with Crippen molar-refractivity contribution in [1.82, 2.24) is 9.97 Å². The fourth-order valence-electron chi connectivity index (χ4n) is 2.59. The number of aromatic nitrogens is 2. The maximum Gasteiger partial charge on any atom is 0.257 e. The largest absolute Gasteiger partial charge is 0.497 e. The number of pyridine rings is 1. The van der Waals surface area contributed by atoms with Gasteiger partial charge in [-0.2, -0.15) is 0 Å². The molecule has 0 aliphatic rings. The third-order valence-corrected chi connectivity index (χ3v) is 5.10. The molecule has 0 saturated heterocycles. The van der Waals surface area contributed by atoms with Crippen molar-refractivity contribution in [2.75, 3.05) is 12.4 Å². The summed E-state index contributed by atoms with van der Waals surface area (Å²) in [5.41, 5.74) is 3.45. The lowest BCUT2D eigenvalue weighted by Crippen LogP contribution is -2.15. The van der Waals surface area contributed by atoms with Crippen LogP contribution in [0.25, 0.3) is 20.8 Å². The molecule has 2 radical (unpaired) electrons. The van der Waals surface area contributed by atoms with Gasteiger partial charge in [0.25, 0.3) is 5.91 Å². The number of hydrogen-bond donors (Lipinski definition) is 1. The monoisotopic (exact) mass is 371 g/mol. The van der Waals surface area contributed by atoms with Crippen LogP contribution in [0.3, 0.4) is 0 Å². The van der Waals surface area contributed by atoms with E-state index >= 15 is 0 Å². The van der Waals surface area contributed by atoms with Gasteiger partial charge in [-0.05, 0) is 54.1 Å². The van der Waals surface area contributed by atoms with Crippen molar-refractivity contribution >= 4 is 46.6 Å². The molecule has 0 saturated carbocycles. The van der Waals surface area contributed by atoms with Crippen LogP contribution < -0.4 is 15.6 Å². The van der Waals surface area contributed by atoms with E-state index in [1.807, 2.05) is 42.5 Å². The van der Waals surface area contributed by atoms with Gasteiger partial charge in [0, 0.05) is 17.4 Å². The van der Waals surface area contributed by atoms with Crippen LogP contribution in [-0.2, 0) is 0 Å². The molecule has 2 aromatic heterocycles. The first-order chi connectivity index (χ1) is 13.1. The highest BCUT2D eigenvalue weighted by Crippen LogP contribution is 2.32. The topological polar surface area (TPSA) is 64.1 Å². The summed E-state index contributed by atoms with van der Waals surface area (Å²) < 4.78 is 6.33. The zero-order valence-electron chi connectivity index (χ0n) is 14.5. The van der Waals surface area contributed by atoms with E-state index in [0.717, 1.165) is 26.5 Å². The fraction of sp³-hybridized carbons (Fsp3) is 0.0500. The lowest BCUT2D eigenvalue weighted by molar-refractivity contribution is 0.102. The zero-order chi connectivity index (χ0) is 18.8. The van der Waals surface area contributed by atoms with Crippen molar-refractivity contribution in [3.05, 3.63) is 66.4 Å². The Hall–Kier alpha value is -3.19. The summed E-state index contributed by atoms with van der Waals surface area (Å²) in [6, 6.07) is 16.6. The first-order valence-electron chi connectivity index (χ1n) is 8.20. The van der Waals surface area contributed by atoms with Crippen LogP contribution in [0.4, 0.5) is 5.69 Å². The molecule has 0 bridgehead atoms. The van der Waals surface area contributed by atoms with Gasteiger partial charge in [-0.3, -0.25) is 9.78 Å². The number of hydrogen-bond acceptors (Lipinski definition) is 5. The van der Waals surface area contributed by atoms with Gasteiger partial charge in [-0.1, -0.05) is 6.07 Å². The Labute approximate surface area is 161 Å². The molecule has 0 aliphatic carbocycles. The minimum Gasteiger partial charge on any atom is -0.497 e. The molecule has 7 heteroatoms. The van der Waals surface area contributed by atoms with Gasteiger partial charge in [0.15, 0.2) is 0 Å². The summed E-state index contributed by atoms with van der Waals surface area (Å²) in [4.78, 5) is 20.8. The van der Waals surface area contributed by atoms with Crippen LogP contribution >= 0.6 is 11.3 Å². The van der Waals surface area contributed by atoms with Gasteiger partial charge in [-0.25, -0.2) is 4.98 Å². The van der Waals surface area contributed by atoms with Crippen molar-refractivity contribution in [2.45, 2.75) is 0 Å². The SMILES string of the molecule is [B]c1ccc(C(=O)Nc2ccc(-c3nc4ccc(OC)cc4s3)cc2)cn1.